The maximum Gasteiger partial charge on any atom is 0.308 e. The molecule has 1 amide bonds. The molecule has 0 saturated heterocycles. The molecule has 2 unspecified atom stereocenters. The van der Waals surface area contributed by atoms with Crippen molar-refractivity contribution < 1.29 is 14.7 Å². The van der Waals surface area contributed by atoms with Crippen molar-refractivity contribution in [3.05, 3.63) is 18.0 Å². The van der Waals surface area contributed by atoms with E-state index in [0.29, 0.717) is 18.4 Å². The van der Waals surface area contributed by atoms with Gasteiger partial charge in [0.25, 0.3) is 5.91 Å². The van der Waals surface area contributed by atoms with Crippen LogP contribution in [0.1, 0.15) is 63.7 Å². The fourth-order valence-corrected chi connectivity index (χ4v) is 3.02. The molecular formula is C16H25N3O3. The van der Waals surface area contributed by atoms with E-state index in [0.717, 1.165) is 12.8 Å². The second-order valence-electron chi connectivity index (χ2n) is 7.35. The van der Waals surface area contributed by atoms with E-state index in [1.54, 1.807) is 10.9 Å². The minimum Gasteiger partial charge on any atom is -0.481 e. The average molecular weight is 307 g/mol. The van der Waals surface area contributed by atoms with Gasteiger partial charge in [0, 0.05) is 6.20 Å². The number of aliphatic carboxylic acids is 1. The van der Waals surface area contributed by atoms with Gasteiger partial charge in [0.1, 0.15) is 0 Å². The van der Waals surface area contributed by atoms with Gasteiger partial charge in [0.2, 0.25) is 0 Å². The summed E-state index contributed by atoms with van der Waals surface area (Å²) in [5.74, 6) is -1.64. The van der Waals surface area contributed by atoms with Gasteiger partial charge in [0.15, 0.2) is 0 Å². The number of rotatable bonds is 3. The molecule has 0 aromatic carbocycles. The summed E-state index contributed by atoms with van der Waals surface area (Å²) in [5, 5.41) is 16.6. The minimum absolute atomic E-state index is 0.198. The minimum atomic E-state index is -0.840. The van der Waals surface area contributed by atoms with Crippen LogP contribution in [0.5, 0.6) is 0 Å². The van der Waals surface area contributed by atoms with E-state index in [2.05, 4.69) is 10.4 Å². The molecule has 2 N–H and O–H groups in total. The van der Waals surface area contributed by atoms with Crippen LogP contribution in [0.4, 0.5) is 0 Å². The molecule has 1 fully saturated rings. The predicted octanol–water partition coefficient (Wildman–Crippen LogP) is 2.40. The molecule has 0 spiro atoms. The van der Waals surface area contributed by atoms with Gasteiger partial charge in [0.05, 0.1) is 28.8 Å². The summed E-state index contributed by atoms with van der Waals surface area (Å²) in [4.78, 5) is 23.9. The summed E-state index contributed by atoms with van der Waals surface area (Å²) in [5.41, 5.74) is -0.437. The third kappa shape index (κ3) is 3.31. The molecule has 1 heterocycles. The standard InChI is InChI=1S/C16H25N3O3/c1-15(2,3)19-10-11(9-17-19)13(20)18-16(4)8-6-5-7-12(16)14(21)22/h9-10,12H,5-8H2,1-4H3,(H,18,20)(H,21,22). The third-order valence-electron chi connectivity index (χ3n) is 4.44. The zero-order valence-corrected chi connectivity index (χ0v) is 13.7. The number of carbonyl (C=O) groups excluding carboxylic acids is 1. The summed E-state index contributed by atoms with van der Waals surface area (Å²) in [6, 6.07) is 0. The van der Waals surface area contributed by atoms with Crippen molar-refractivity contribution in [1.29, 1.82) is 0 Å². The Morgan fingerprint density at radius 3 is 2.64 bits per heavy atom. The fraction of sp³-hybridized carbons (Fsp3) is 0.688. The summed E-state index contributed by atoms with van der Waals surface area (Å²) in [7, 11) is 0. The van der Waals surface area contributed by atoms with Crippen LogP contribution < -0.4 is 5.32 Å². The molecule has 1 aromatic rings. The maximum atomic E-state index is 12.5. The Labute approximate surface area is 130 Å². The van der Waals surface area contributed by atoms with Gasteiger partial charge in [-0.25, -0.2) is 0 Å². The molecule has 0 aliphatic heterocycles. The highest BCUT2D eigenvalue weighted by molar-refractivity contribution is 5.94. The lowest BCUT2D eigenvalue weighted by Crippen LogP contribution is -2.55. The largest absolute Gasteiger partial charge is 0.481 e. The molecule has 1 saturated carbocycles. The van der Waals surface area contributed by atoms with Crippen LogP contribution in [0, 0.1) is 5.92 Å². The van der Waals surface area contributed by atoms with Gasteiger partial charge >= 0.3 is 5.97 Å². The Morgan fingerprint density at radius 2 is 2.09 bits per heavy atom. The van der Waals surface area contributed by atoms with Crippen molar-refractivity contribution in [3.63, 3.8) is 0 Å². The maximum absolute atomic E-state index is 12.5. The van der Waals surface area contributed by atoms with E-state index in [1.807, 2.05) is 27.7 Å². The van der Waals surface area contributed by atoms with Gasteiger partial charge in [-0.2, -0.15) is 5.10 Å². The number of amides is 1. The Hall–Kier alpha value is -1.85. The van der Waals surface area contributed by atoms with E-state index >= 15 is 0 Å². The van der Waals surface area contributed by atoms with E-state index in [4.69, 9.17) is 0 Å². The van der Waals surface area contributed by atoms with Crippen molar-refractivity contribution in [1.82, 2.24) is 15.1 Å². The Kier molecular flexibility index (Phi) is 4.31. The van der Waals surface area contributed by atoms with Crippen LogP contribution in [0.3, 0.4) is 0 Å². The summed E-state index contributed by atoms with van der Waals surface area (Å²) in [6.45, 7) is 7.84. The van der Waals surface area contributed by atoms with Crippen LogP contribution in [0.25, 0.3) is 0 Å². The zero-order valence-electron chi connectivity index (χ0n) is 13.7. The number of hydrogen-bond acceptors (Lipinski definition) is 3. The molecule has 0 bridgehead atoms. The summed E-state index contributed by atoms with van der Waals surface area (Å²) >= 11 is 0. The number of carbonyl (C=O) groups is 2. The Bertz CT molecular complexity index is 573. The quantitative estimate of drug-likeness (QED) is 0.898. The van der Waals surface area contributed by atoms with E-state index in [-0.39, 0.29) is 11.4 Å². The number of carboxylic acid groups (broad SMARTS) is 1. The van der Waals surface area contributed by atoms with Gasteiger partial charge in [-0.05, 0) is 40.5 Å². The van der Waals surface area contributed by atoms with Gasteiger partial charge in [-0.1, -0.05) is 12.8 Å². The molecule has 2 atom stereocenters. The van der Waals surface area contributed by atoms with Crippen molar-refractivity contribution in [2.24, 2.45) is 5.92 Å². The first-order valence-electron chi connectivity index (χ1n) is 7.74. The first-order valence-corrected chi connectivity index (χ1v) is 7.74. The fourth-order valence-electron chi connectivity index (χ4n) is 3.02. The highest BCUT2D eigenvalue weighted by atomic mass is 16.4. The molecule has 1 aromatic heterocycles. The Morgan fingerprint density at radius 1 is 1.41 bits per heavy atom. The molecule has 1 aliphatic carbocycles. The molecule has 122 valence electrons. The van der Waals surface area contributed by atoms with Crippen LogP contribution in [-0.2, 0) is 10.3 Å². The summed E-state index contributed by atoms with van der Waals surface area (Å²) in [6.07, 6.45) is 6.35. The van der Waals surface area contributed by atoms with Crippen molar-refractivity contribution in [2.45, 2.75) is 64.5 Å². The van der Waals surface area contributed by atoms with E-state index < -0.39 is 17.4 Å². The monoisotopic (exact) mass is 307 g/mol. The number of carboxylic acids is 1. The molecule has 0 radical (unpaired) electrons. The topological polar surface area (TPSA) is 84.2 Å². The van der Waals surface area contributed by atoms with Crippen molar-refractivity contribution in [2.75, 3.05) is 0 Å². The average Bonchev–Trinajstić information content (AvgIpc) is 2.87. The molecule has 1 aliphatic rings. The van der Waals surface area contributed by atoms with E-state index in [9.17, 15) is 14.7 Å². The number of aromatic nitrogens is 2. The molecule has 6 heteroatoms. The molecular weight excluding hydrogens is 282 g/mol. The van der Waals surface area contributed by atoms with Crippen molar-refractivity contribution in [3.8, 4) is 0 Å². The highest BCUT2D eigenvalue weighted by Crippen LogP contribution is 2.34. The second kappa shape index (κ2) is 5.74. The summed E-state index contributed by atoms with van der Waals surface area (Å²) < 4.78 is 1.74. The van der Waals surface area contributed by atoms with Gasteiger partial charge in [-0.3, -0.25) is 14.3 Å². The van der Waals surface area contributed by atoms with Gasteiger partial charge in [-0.15, -0.1) is 0 Å². The second-order valence-corrected chi connectivity index (χ2v) is 7.35. The highest BCUT2D eigenvalue weighted by Gasteiger charge is 2.42. The lowest BCUT2D eigenvalue weighted by atomic mass is 9.74. The predicted molar refractivity (Wildman–Crippen MR) is 82.7 cm³/mol. The van der Waals surface area contributed by atoms with E-state index in [1.165, 1.54) is 6.20 Å². The number of nitrogens with one attached hydrogen (secondary N) is 1. The third-order valence-corrected chi connectivity index (χ3v) is 4.44. The van der Waals surface area contributed by atoms with Gasteiger partial charge < -0.3 is 10.4 Å². The SMILES string of the molecule is CC1(NC(=O)c2cnn(C(C)(C)C)c2)CCCCC1C(=O)O. The smallest absolute Gasteiger partial charge is 0.308 e. The van der Waals surface area contributed by atoms with Crippen molar-refractivity contribution >= 4 is 11.9 Å². The van der Waals surface area contributed by atoms with Crippen LogP contribution in [0.2, 0.25) is 0 Å². The first kappa shape index (κ1) is 16.5. The molecule has 2 rings (SSSR count). The number of nitrogens with zero attached hydrogens (tertiary/aromatic N) is 2. The number of hydrogen-bond donors (Lipinski definition) is 2. The normalized spacial score (nSPS) is 25.7. The van der Waals surface area contributed by atoms with Crippen LogP contribution in [0.15, 0.2) is 12.4 Å². The van der Waals surface area contributed by atoms with Crippen LogP contribution in [-0.4, -0.2) is 32.3 Å². The first-order chi connectivity index (χ1) is 10.1. The van der Waals surface area contributed by atoms with Crippen LogP contribution >= 0.6 is 0 Å². The lowest BCUT2D eigenvalue weighted by molar-refractivity contribution is -0.145. The lowest BCUT2D eigenvalue weighted by Gasteiger charge is -2.39. The molecule has 6 nitrogen and oxygen atoms in total. The zero-order chi connectivity index (χ0) is 16.5. The molecule has 22 heavy (non-hydrogen) atoms. The Balaban J connectivity index is 2.16.